The molecule has 1 saturated heterocycles. The van der Waals surface area contributed by atoms with Crippen molar-refractivity contribution < 1.29 is 0 Å². The third-order valence-electron chi connectivity index (χ3n) is 3.39. The van der Waals surface area contributed by atoms with Crippen molar-refractivity contribution in [3.8, 4) is 0 Å². The van der Waals surface area contributed by atoms with Gasteiger partial charge in [-0.05, 0) is 27.0 Å². The summed E-state index contributed by atoms with van der Waals surface area (Å²) in [5, 5.41) is 7.94. The third kappa shape index (κ3) is 4.08. The van der Waals surface area contributed by atoms with Crippen LogP contribution in [0.5, 0.6) is 0 Å². The van der Waals surface area contributed by atoms with Gasteiger partial charge >= 0.3 is 0 Å². The summed E-state index contributed by atoms with van der Waals surface area (Å²) in [6.07, 6.45) is 3.86. The molecule has 1 aliphatic heterocycles. The fraction of sp³-hybridized carbons (Fsp3) is 0.769. The highest BCUT2D eigenvalue weighted by molar-refractivity contribution is 4.80. The maximum atomic E-state index is 4.29. The van der Waals surface area contributed by atoms with Gasteiger partial charge in [-0.3, -0.25) is 9.58 Å². The maximum Gasteiger partial charge on any atom is 0.0929 e. The number of hydrogen-bond acceptors (Lipinski definition) is 4. The van der Waals surface area contributed by atoms with Gasteiger partial charge in [0, 0.05) is 50.7 Å². The van der Waals surface area contributed by atoms with E-state index >= 15 is 0 Å². The minimum Gasteiger partial charge on any atom is -0.309 e. The van der Waals surface area contributed by atoms with Crippen LogP contribution in [0.1, 0.15) is 13.8 Å². The first kappa shape index (κ1) is 13.5. The Morgan fingerprint density at radius 2 is 2.00 bits per heavy atom. The van der Waals surface area contributed by atoms with Crippen molar-refractivity contribution in [3.63, 3.8) is 0 Å². The fourth-order valence-electron chi connectivity index (χ4n) is 2.66. The van der Waals surface area contributed by atoms with Gasteiger partial charge in [0.05, 0.1) is 6.67 Å². The molecular weight excluding hydrogens is 226 g/mol. The topological polar surface area (TPSA) is 36.3 Å². The highest BCUT2D eigenvalue weighted by atomic mass is 15.4. The number of hydrogen-bond donors (Lipinski definition) is 1. The fourth-order valence-corrected chi connectivity index (χ4v) is 2.66. The van der Waals surface area contributed by atoms with Crippen LogP contribution in [0.3, 0.4) is 0 Å². The quantitative estimate of drug-likeness (QED) is 0.828. The molecule has 0 aromatic carbocycles. The number of likely N-dealkylation sites (N-methyl/N-ethyl adjacent to an activating group) is 1. The molecule has 2 unspecified atom stereocenters. The highest BCUT2D eigenvalue weighted by Crippen LogP contribution is 2.02. The highest BCUT2D eigenvalue weighted by Gasteiger charge is 2.17. The number of nitrogens with zero attached hydrogens (tertiary/aromatic N) is 4. The van der Waals surface area contributed by atoms with E-state index in [1.165, 1.54) is 0 Å². The molecule has 0 amide bonds. The van der Waals surface area contributed by atoms with Crippen molar-refractivity contribution in [3.05, 3.63) is 18.5 Å². The van der Waals surface area contributed by atoms with Crippen molar-refractivity contribution in [2.24, 2.45) is 0 Å². The molecule has 1 aliphatic rings. The van der Waals surface area contributed by atoms with E-state index in [1.807, 2.05) is 23.1 Å². The van der Waals surface area contributed by atoms with E-state index in [0.717, 1.165) is 32.8 Å². The summed E-state index contributed by atoms with van der Waals surface area (Å²) in [5.74, 6) is 0. The lowest BCUT2D eigenvalue weighted by atomic mass is 10.2. The average Bonchev–Trinajstić information content (AvgIpc) is 2.78. The van der Waals surface area contributed by atoms with Crippen LogP contribution in [0.15, 0.2) is 18.5 Å². The van der Waals surface area contributed by atoms with Gasteiger partial charge in [0.2, 0.25) is 0 Å². The Labute approximate surface area is 110 Å². The molecule has 0 radical (unpaired) electrons. The Balaban J connectivity index is 1.96. The first-order valence-electron chi connectivity index (χ1n) is 6.78. The molecule has 2 atom stereocenters. The van der Waals surface area contributed by atoms with Gasteiger partial charge in [0.15, 0.2) is 0 Å². The van der Waals surface area contributed by atoms with Gasteiger partial charge in [-0.1, -0.05) is 0 Å². The van der Waals surface area contributed by atoms with E-state index in [4.69, 9.17) is 0 Å². The summed E-state index contributed by atoms with van der Waals surface area (Å²) >= 11 is 0. The van der Waals surface area contributed by atoms with E-state index in [0.29, 0.717) is 12.1 Å². The predicted molar refractivity (Wildman–Crippen MR) is 73.4 cm³/mol. The van der Waals surface area contributed by atoms with Crippen molar-refractivity contribution >= 4 is 0 Å². The van der Waals surface area contributed by atoms with Crippen molar-refractivity contribution in [1.82, 2.24) is 24.9 Å². The molecule has 102 valence electrons. The van der Waals surface area contributed by atoms with Gasteiger partial charge in [-0.2, -0.15) is 5.10 Å². The van der Waals surface area contributed by atoms with Crippen LogP contribution in [0.25, 0.3) is 0 Å². The zero-order valence-electron chi connectivity index (χ0n) is 11.7. The minimum absolute atomic E-state index is 0.516. The minimum atomic E-state index is 0.516. The van der Waals surface area contributed by atoms with Crippen LogP contribution in [-0.2, 0) is 6.67 Å². The molecule has 1 aromatic heterocycles. The summed E-state index contributed by atoms with van der Waals surface area (Å²) in [6.45, 7) is 9.78. The Morgan fingerprint density at radius 1 is 1.22 bits per heavy atom. The Hall–Kier alpha value is -0.910. The van der Waals surface area contributed by atoms with Crippen molar-refractivity contribution in [1.29, 1.82) is 0 Å². The molecule has 0 spiro atoms. The number of rotatable bonds is 2. The normalized spacial score (nSPS) is 28.6. The second-order valence-corrected chi connectivity index (χ2v) is 5.49. The Kier molecular flexibility index (Phi) is 4.74. The van der Waals surface area contributed by atoms with Gasteiger partial charge in [0.1, 0.15) is 0 Å². The smallest absolute Gasteiger partial charge is 0.0929 e. The van der Waals surface area contributed by atoms with E-state index in [9.17, 15) is 0 Å². The molecule has 0 bridgehead atoms. The first-order chi connectivity index (χ1) is 8.63. The Morgan fingerprint density at radius 3 is 2.72 bits per heavy atom. The SMILES string of the molecule is CC1CN(C)CCN(Cn2cccn2)CC(C)N1. The van der Waals surface area contributed by atoms with E-state index < -0.39 is 0 Å². The summed E-state index contributed by atoms with van der Waals surface area (Å²) in [5.41, 5.74) is 0. The monoisotopic (exact) mass is 251 g/mol. The summed E-state index contributed by atoms with van der Waals surface area (Å²) < 4.78 is 1.99. The molecular formula is C13H25N5. The van der Waals surface area contributed by atoms with Crippen LogP contribution in [0.4, 0.5) is 0 Å². The first-order valence-corrected chi connectivity index (χ1v) is 6.78. The van der Waals surface area contributed by atoms with Crippen molar-refractivity contribution in [2.45, 2.75) is 32.6 Å². The largest absolute Gasteiger partial charge is 0.309 e. The van der Waals surface area contributed by atoms with Crippen LogP contribution in [-0.4, -0.2) is 64.9 Å². The van der Waals surface area contributed by atoms with Gasteiger partial charge in [0.25, 0.3) is 0 Å². The van der Waals surface area contributed by atoms with Crippen LogP contribution in [0, 0.1) is 0 Å². The average molecular weight is 251 g/mol. The van der Waals surface area contributed by atoms with Crippen molar-refractivity contribution in [2.75, 3.05) is 33.2 Å². The van der Waals surface area contributed by atoms with E-state index in [1.54, 1.807) is 0 Å². The number of aromatic nitrogens is 2. The van der Waals surface area contributed by atoms with Gasteiger partial charge in [-0.25, -0.2) is 0 Å². The number of nitrogens with one attached hydrogen (secondary N) is 1. The standard InChI is InChI=1S/C13H25N5/c1-12-9-16(3)7-8-17(10-13(2)15-12)11-18-6-4-5-14-18/h4-6,12-13,15H,7-11H2,1-3H3. The van der Waals surface area contributed by atoms with Crippen LogP contribution < -0.4 is 5.32 Å². The van der Waals surface area contributed by atoms with E-state index in [-0.39, 0.29) is 0 Å². The molecule has 2 heterocycles. The second-order valence-electron chi connectivity index (χ2n) is 5.49. The molecule has 0 aliphatic carbocycles. The van der Waals surface area contributed by atoms with E-state index in [2.05, 4.69) is 41.1 Å². The lowest BCUT2D eigenvalue weighted by Crippen LogP contribution is -2.44. The third-order valence-corrected chi connectivity index (χ3v) is 3.39. The summed E-state index contributed by atoms with van der Waals surface area (Å²) in [4.78, 5) is 4.85. The zero-order valence-corrected chi connectivity index (χ0v) is 11.7. The molecule has 18 heavy (non-hydrogen) atoms. The summed E-state index contributed by atoms with van der Waals surface area (Å²) in [7, 11) is 2.19. The predicted octanol–water partition coefficient (Wildman–Crippen LogP) is 0.455. The molecule has 1 aromatic rings. The maximum absolute atomic E-state index is 4.29. The van der Waals surface area contributed by atoms with Crippen LogP contribution in [0.2, 0.25) is 0 Å². The molecule has 5 heteroatoms. The zero-order chi connectivity index (χ0) is 13.0. The second kappa shape index (κ2) is 6.31. The van der Waals surface area contributed by atoms with Crippen LogP contribution >= 0.6 is 0 Å². The lowest BCUT2D eigenvalue weighted by molar-refractivity contribution is 0.179. The van der Waals surface area contributed by atoms with Gasteiger partial charge in [-0.15, -0.1) is 0 Å². The molecule has 1 fully saturated rings. The molecule has 2 rings (SSSR count). The molecule has 5 nitrogen and oxygen atoms in total. The summed E-state index contributed by atoms with van der Waals surface area (Å²) in [6, 6.07) is 3.04. The lowest BCUT2D eigenvalue weighted by Gasteiger charge is -2.25. The van der Waals surface area contributed by atoms with Gasteiger partial charge < -0.3 is 10.2 Å². The Bertz CT molecular complexity index is 337. The molecule has 1 N–H and O–H groups in total. The molecule has 0 saturated carbocycles.